The van der Waals surface area contributed by atoms with Gasteiger partial charge in [-0.25, -0.2) is 0 Å². The average Bonchev–Trinajstić information content (AvgIpc) is 2.33. The Balaban J connectivity index is 2.12. The number of hydrogen-bond donors (Lipinski definition) is 0. The van der Waals surface area contributed by atoms with Gasteiger partial charge in [-0.3, -0.25) is 0 Å². The molecule has 0 atom stereocenters. The molecule has 0 aromatic heterocycles. The van der Waals surface area contributed by atoms with E-state index in [4.69, 9.17) is 4.74 Å². The van der Waals surface area contributed by atoms with E-state index in [1.54, 1.807) is 0 Å². The van der Waals surface area contributed by atoms with Crippen molar-refractivity contribution in [3.63, 3.8) is 0 Å². The molecule has 1 heterocycles. The van der Waals surface area contributed by atoms with Crippen LogP contribution in [0.15, 0.2) is 18.2 Å². The predicted octanol–water partition coefficient (Wildman–Crippen LogP) is 2.15. The van der Waals surface area contributed by atoms with Gasteiger partial charge >= 0.3 is 0 Å². The Bertz CT molecular complexity index is 370. The summed E-state index contributed by atoms with van der Waals surface area (Å²) in [7, 11) is 2.18. The molecule has 0 spiro atoms. The van der Waals surface area contributed by atoms with Gasteiger partial charge < -0.3 is 14.5 Å². The SMILES string of the molecule is CCOc1cc(N2CCN(C)CC2)ccc1C. The minimum absolute atomic E-state index is 0.729. The first-order valence-corrected chi connectivity index (χ1v) is 6.37. The molecular formula is C14H22N2O. The lowest BCUT2D eigenvalue weighted by Gasteiger charge is -2.34. The Labute approximate surface area is 104 Å². The van der Waals surface area contributed by atoms with E-state index in [-0.39, 0.29) is 0 Å². The molecule has 1 aliphatic heterocycles. The molecule has 0 saturated carbocycles. The van der Waals surface area contributed by atoms with Gasteiger partial charge in [0.25, 0.3) is 0 Å². The van der Waals surface area contributed by atoms with E-state index in [0.717, 1.165) is 38.5 Å². The highest BCUT2D eigenvalue weighted by Crippen LogP contribution is 2.25. The Hall–Kier alpha value is -1.22. The fourth-order valence-electron chi connectivity index (χ4n) is 2.16. The Morgan fingerprint density at radius 1 is 1.18 bits per heavy atom. The van der Waals surface area contributed by atoms with E-state index in [2.05, 4.69) is 42.0 Å². The summed E-state index contributed by atoms with van der Waals surface area (Å²) in [6, 6.07) is 6.52. The molecule has 0 N–H and O–H groups in total. The molecule has 0 unspecified atom stereocenters. The number of aryl methyl sites for hydroxylation is 1. The molecule has 1 aliphatic rings. The van der Waals surface area contributed by atoms with Crippen molar-refractivity contribution in [2.24, 2.45) is 0 Å². The molecule has 0 bridgehead atoms. The fourth-order valence-corrected chi connectivity index (χ4v) is 2.16. The lowest BCUT2D eigenvalue weighted by Crippen LogP contribution is -2.44. The van der Waals surface area contributed by atoms with Gasteiger partial charge in [0.2, 0.25) is 0 Å². The van der Waals surface area contributed by atoms with Crippen molar-refractivity contribution < 1.29 is 4.74 Å². The molecule has 3 nitrogen and oxygen atoms in total. The van der Waals surface area contributed by atoms with Crippen molar-refractivity contribution in [3.05, 3.63) is 23.8 Å². The number of hydrogen-bond acceptors (Lipinski definition) is 3. The van der Waals surface area contributed by atoms with Crippen LogP contribution in [0.3, 0.4) is 0 Å². The summed E-state index contributed by atoms with van der Waals surface area (Å²) in [5.41, 5.74) is 2.50. The number of rotatable bonds is 3. The van der Waals surface area contributed by atoms with Crippen molar-refractivity contribution in [1.82, 2.24) is 4.90 Å². The van der Waals surface area contributed by atoms with Crippen molar-refractivity contribution in [2.45, 2.75) is 13.8 Å². The van der Waals surface area contributed by atoms with Crippen molar-refractivity contribution in [2.75, 3.05) is 44.7 Å². The number of piperazine rings is 1. The largest absolute Gasteiger partial charge is 0.494 e. The van der Waals surface area contributed by atoms with E-state index < -0.39 is 0 Å². The van der Waals surface area contributed by atoms with Crippen molar-refractivity contribution in [1.29, 1.82) is 0 Å². The lowest BCUT2D eigenvalue weighted by molar-refractivity contribution is 0.312. The molecule has 1 saturated heterocycles. The number of benzene rings is 1. The zero-order chi connectivity index (χ0) is 12.3. The van der Waals surface area contributed by atoms with Gasteiger partial charge in [-0.1, -0.05) is 6.07 Å². The maximum absolute atomic E-state index is 5.65. The first kappa shape index (κ1) is 12.2. The standard InChI is InChI=1S/C14H22N2O/c1-4-17-14-11-13(6-5-12(14)2)16-9-7-15(3)8-10-16/h5-6,11H,4,7-10H2,1-3H3. The number of likely N-dealkylation sites (N-methyl/N-ethyl adjacent to an activating group) is 1. The third-order valence-corrected chi connectivity index (χ3v) is 3.34. The molecule has 2 rings (SSSR count). The Morgan fingerprint density at radius 3 is 2.53 bits per heavy atom. The van der Waals surface area contributed by atoms with Crippen LogP contribution in [0.2, 0.25) is 0 Å². The maximum atomic E-state index is 5.65. The molecule has 1 aromatic carbocycles. The molecule has 0 amide bonds. The molecule has 1 aromatic rings. The van der Waals surface area contributed by atoms with Gasteiger partial charge in [0.15, 0.2) is 0 Å². The second kappa shape index (κ2) is 5.41. The molecule has 0 radical (unpaired) electrons. The minimum Gasteiger partial charge on any atom is -0.494 e. The van der Waals surface area contributed by atoms with Gasteiger partial charge in [0.05, 0.1) is 6.61 Å². The third-order valence-electron chi connectivity index (χ3n) is 3.34. The number of nitrogens with zero attached hydrogens (tertiary/aromatic N) is 2. The smallest absolute Gasteiger partial charge is 0.124 e. The van der Waals surface area contributed by atoms with Crippen LogP contribution in [0.25, 0.3) is 0 Å². The third kappa shape index (κ3) is 2.91. The summed E-state index contributed by atoms with van der Waals surface area (Å²) in [6.45, 7) is 9.33. The van der Waals surface area contributed by atoms with Gasteiger partial charge in [-0.05, 0) is 32.5 Å². The molecule has 17 heavy (non-hydrogen) atoms. The molecule has 94 valence electrons. The second-order valence-electron chi connectivity index (χ2n) is 4.67. The van der Waals surface area contributed by atoms with Crippen molar-refractivity contribution in [3.8, 4) is 5.75 Å². The van der Waals surface area contributed by atoms with E-state index in [1.165, 1.54) is 11.3 Å². The van der Waals surface area contributed by atoms with Crippen LogP contribution in [0.1, 0.15) is 12.5 Å². The molecular weight excluding hydrogens is 212 g/mol. The quantitative estimate of drug-likeness (QED) is 0.797. The first-order chi connectivity index (χ1) is 8.20. The summed E-state index contributed by atoms with van der Waals surface area (Å²) in [6.07, 6.45) is 0. The first-order valence-electron chi connectivity index (χ1n) is 6.37. The summed E-state index contributed by atoms with van der Waals surface area (Å²) < 4.78 is 5.65. The zero-order valence-corrected chi connectivity index (χ0v) is 11.1. The highest BCUT2D eigenvalue weighted by atomic mass is 16.5. The highest BCUT2D eigenvalue weighted by Gasteiger charge is 2.15. The minimum atomic E-state index is 0.729. The van der Waals surface area contributed by atoms with Crippen LogP contribution in [-0.2, 0) is 0 Å². The van der Waals surface area contributed by atoms with E-state index in [1.807, 2.05) is 6.92 Å². The average molecular weight is 234 g/mol. The van der Waals surface area contributed by atoms with E-state index in [0.29, 0.717) is 0 Å². The molecule has 3 heteroatoms. The Kier molecular flexibility index (Phi) is 3.89. The van der Waals surface area contributed by atoms with Crippen LogP contribution in [0, 0.1) is 6.92 Å². The summed E-state index contributed by atoms with van der Waals surface area (Å²) in [4.78, 5) is 4.80. The van der Waals surface area contributed by atoms with Crippen LogP contribution in [0.4, 0.5) is 5.69 Å². The van der Waals surface area contributed by atoms with Crippen molar-refractivity contribution >= 4 is 5.69 Å². The zero-order valence-electron chi connectivity index (χ0n) is 11.1. The normalized spacial score (nSPS) is 17.2. The predicted molar refractivity (Wildman–Crippen MR) is 72.1 cm³/mol. The van der Waals surface area contributed by atoms with Gasteiger partial charge in [-0.2, -0.15) is 0 Å². The van der Waals surface area contributed by atoms with Gasteiger partial charge in [-0.15, -0.1) is 0 Å². The summed E-state index contributed by atoms with van der Waals surface area (Å²) in [5.74, 6) is 1.02. The van der Waals surface area contributed by atoms with Crippen LogP contribution in [-0.4, -0.2) is 44.7 Å². The van der Waals surface area contributed by atoms with Gasteiger partial charge in [0, 0.05) is 37.9 Å². The molecule has 1 fully saturated rings. The van der Waals surface area contributed by atoms with Crippen LogP contribution < -0.4 is 9.64 Å². The van der Waals surface area contributed by atoms with Crippen LogP contribution in [0.5, 0.6) is 5.75 Å². The van der Waals surface area contributed by atoms with E-state index >= 15 is 0 Å². The van der Waals surface area contributed by atoms with Crippen LogP contribution >= 0.6 is 0 Å². The lowest BCUT2D eigenvalue weighted by atomic mass is 10.1. The monoisotopic (exact) mass is 234 g/mol. The number of ether oxygens (including phenoxy) is 1. The molecule has 0 aliphatic carbocycles. The topological polar surface area (TPSA) is 15.7 Å². The van der Waals surface area contributed by atoms with E-state index in [9.17, 15) is 0 Å². The number of anilines is 1. The Morgan fingerprint density at radius 2 is 1.88 bits per heavy atom. The maximum Gasteiger partial charge on any atom is 0.124 e. The van der Waals surface area contributed by atoms with Gasteiger partial charge in [0.1, 0.15) is 5.75 Å². The second-order valence-corrected chi connectivity index (χ2v) is 4.67. The summed E-state index contributed by atoms with van der Waals surface area (Å²) in [5, 5.41) is 0. The summed E-state index contributed by atoms with van der Waals surface area (Å²) >= 11 is 0. The fraction of sp³-hybridized carbons (Fsp3) is 0.571. The highest BCUT2D eigenvalue weighted by molar-refractivity contribution is 5.53.